The number of halogens is 2. The Morgan fingerprint density at radius 3 is 2.45 bits per heavy atom. The number of rotatable bonds is 10. The first kappa shape index (κ1) is 27.1. The molecule has 0 radical (unpaired) electrons. The Labute approximate surface area is 209 Å². The first-order valence-electron chi connectivity index (χ1n) is 10.5. The Balaban J connectivity index is 2.40. The maximum absolute atomic E-state index is 13.5. The number of benzene rings is 2. The highest BCUT2D eigenvalue weighted by Gasteiger charge is 2.30. The van der Waals surface area contributed by atoms with Crippen molar-refractivity contribution in [1.82, 2.24) is 10.2 Å². The quantitative estimate of drug-likeness (QED) is 0.475. The monoisotopic (exact) mass is 557 g/mol. The standard InChI is InChI=1S/C23H29BrClN3O4S/c1-5-11-26-23(30)17(3)27(14-18-7-6-8-19(24)13-18)22(29)15-28(33(4,31)32)21-10-9-20(25)12-16(21)2/h6-10,12-13,17H,5,11,14-15H2,1-4H3,(H,26,30)/t17-/m0/s1. The van der Waals surface area contributed by atoms with Gasteiger partial charge in [0.25, 0.3) is 0 Å². The smallest absolute Gasteiger partial charge is 0.244 e. The molecule has 0 unspecified atom stereocenters. The predicted octanol–water partition coefficient (Wildman–Crippen LogP) is 4.12. The van der Waals surface area contributed by atoms with Crippen LogP contribution < -0.4 is 9.62 Å². The SMILES string of the molecule is CCCNC(=O)[C@H](C)N(Cc1cccc(Br)c1)C(=O)CN(c1ccc(Cl)cc1C)S(C)(=O)=O. The zero-order valence-electron chi connectivity index (χ0n) is 19.1. The van der Waals surface area contributed by atoms with E-state index in [9.17, 15) is 18.0 Å². The summed E-state index contributed by atoms with van der Waals surface area (Å²) in [6.07, 6.45) is 1.81. The van der Waals surface area contributed by atoms with Gasteiger partial charge in [-0.25, -0.2) is 8.42 Å². The number of sulfonamides is 1. The first-order chi connectivity index (χ1) is 15.4. The Kier molecular flexibility index (Phi) is 9.75. The maximum Gasteiger partial charge on any atom is 0.244 e. The van der Waals surface area contributed by atoms with E-state index in [0.29, 0.717) is 22.8 Å². The van der Waals surface area contributed by atoms with Crippen LogP contribution >= 0.6 is 27.5 Å². The van der Waals surface area contributed by atoms with Crippen LogP contribution in [0.25, 0.3) is 0 Å². The molecule has 33 heavy (non-hydrogen) atoms. The normalized spacial score (nSPS) is 12.2. The summed E-state index contributed by atoms with van der Waals surface area (Å²) in [7, 11) is -3.79. The molecule has 0 aromatic heterocycles. The minimum atomic E-state index is -3.79. The van der Waals surface area contributed by atoms with Crippen molar-refractivity contribution in [2.45, 2.75) is 39.8 Å². The molecule has 0 aliphatic carbocycles. The maximum atomic E-state index is 13.5. The van der Waals surface area contributed by atoms with Crippen molar-refractivity contribution in [1.29, 1.82) is 0 Å². The second kappa shape index (κ2) is 11.9. The average Bonchev–Trinajstić information content (AvgIpc) is 2.73. The topological polar surface area (TPSA) is 86.8 Å². The third-order valence-electron chi connectivity index (χ3n) is 5.07. The van der Waals surface area contributed by atoms with Gasteiger partial charge in [-0.2, -0.15) is 0 Å². The van der Waals surface area contributed by atoms with Crippen LogP contribution in [0, 0.1) is 6.92 Å². The second-order valence-electron chi connectivity index (χ2n) is 7.82. The lowest BCUT2D eigenvalue weighted by atomic mass is 10.1. The van der Waals surface area contributed by atoms with Crippen LogP contribution in [0.3, 0.4) is 0 Å². The number of hydrogen-bond donors (Lipinski definition) is 1. The molecule has 180 valence electrons. The van der Waals surface area contributed by atoms with Gasteiger partial charge in [0.15, 0.2) is 0 Å². The lowest BCUT2D eigenvalue weighted by Crippen LogP contribution is -2.51. The summed E-state index contributed by atoms with van der Waals surface area (Å²) >= 11 is 9.44. The molecule has 1 N–H and O–H groups in total. The molecule has 2 aromatic carbocycles. The number of nitrogens with zero attached hydrogens (tertiary/aromatic N) is 2. The summed E-state index contributed by atoms with van der Waals surface area (Å²) in [6, 6.07) is 11.4. The lowest BCUT2D eigenvalue weighted by molar-refractivity contribution is -0.139. The minimum absolute atomic E-state index is 0.149. The second-order valence-corrected chi connectivity index (χ2v) is 11.1. The van der Waals surface area contributed by atoms with Crippen LogP contribution in [-0.2, 0) is 26.2 Å². The average molecular weight is 559 g/mol. The van der Waals surface area contributed by atoms with Gasteiger partial charge in [0.2, 0.25) is 21.8 Å². The van der Waals surface area contributed by atoms with Gasteiger partial charge >= 0.3 is 0 Å². The van der Waals surface area contributed by atoms with Crippen LogP contribution in [-0.4, -0.2) is 50.5 Å². The van der Waals surface area contributed by atoms with Crippen LogP contribution in [0.2, 0.25) is 5.02 Å². The van der Waals surface area contributed by atoms with Gasteiger partial charge in [0, 0.05) is 22.6 Å². The molecule has 0 spiro atoms. The van der Waals surface area contributed by atoms with Crippen LogP contribution in [0.1, 0.15) is 31.4 Å². The lowest BCUT2D eigenvalue weighted by Gasteiger charge is -2.32. The van der Waals surface area contributed by atoms with Gasteiger partial charge in [-0.15, -0.1) is 0 Å². The highest BCUT2D eigenvalue weighted by Crippen LogP contribution is 2.26. The fourth-order valence-electron chi connectivity index (χ4n) is 3.30. The van der Waals surface area contributed by atoms with Crippen molar-refractivity contribution >= 4 is 55.1 Å². The molecule has 2 rings (SSSR count). The van der Waals surface area contributed by atoms with Crippen LogP contribution in [0.5, 0.6) is 0 Å². The van der Waals surface area contributed by atoms with Crippen molar-refractivity contribution in [2.75, 3.05) is 23.7 Å². The Morgan fingerprint density at radius 2 is 1.88 bits per heavy atom. The van der Waals surface area contributed by atoms with E-state index in [0.717, 1.165) is 27.0 Å². The Hall–Kier alpha value is -2.10. The molecule has 0 fully saturated rings. The number of hydrogen-bond acceptors (Lipinski definition) is 4. The molecule has 0 heterocycles. The molecular formula is C23H29BrClN3O4S. The highest BCUT2D eigenvalue weighted by molar-refractivity contribution is 9.10. The molecule has 0 bridgehead atoms. The van der Waals surface area contributed by atoms with Gasteiger partial charge in [-0.1, -0.05) is 46.6 Å². The van der Waals surface area contributed by atoms with Gasteiger partial charge in [0.05, 0.1) is 11.9 Å². The largest absolute Gasteiger partial charge is 0.354 e. The van der Waals surface area contributed by atoms with Crippen molar-refractivity contribution in [3.05, 3.63) is 63.1 Å². The summed E-state index contributed by atoms with van der Waals surface area (Å²) in [5.41, 5.74) is 1.79. The van der Waals surface area contributed by atoms with E-state index in [1.165, 1.54) is 4.90 Å². The fraction of sp³-hybridized carbons (Fsp3) is 0.391. The number of amides is 2. The third kappa shape index (κ3) is 7.72. The molecule has 1 atom stereocenters. The number of carbonyl (C=O) groups excluding carboxylic acids is 2. The van der Waals surface area contributed by atoms with Gasteiger partial charge in [-0.05, 0) is 61.7 Å². The molecule has 0 aliphatic rings. The van der Waals surface area contributed by atoms with E-state index in [1.807, 2.05) is 31.2 Å². The van der Waals surface area contributed by atoms with Gasteiger partial charge in [0.1, 0.15) is 12.6 Å². The van der Waals surface area contributed by atoms with Crippen molar-refractivity contribution in [3.63, 3.8) is 0 Å². The molecule has 0 aliphatic heterocycles. The Bertz CT molecular complexity index is 1110. The molecule has 2 aromatic rings. The van der Waals surface area contributed by atoms with E-state index >= 15 is 0 Å². The fourth-order valence-corrected chi connectivity index (χ4v) is 4.88. The third-order valence-corrected chi connectivity index (χ3v) is 6.92. The number of anilines is 1. The van der Waals surface area contributed by atoms with Crippen LogP contribution in [0.15, 0.2) is 46.9 Å². The van der Waals surface area contributed by atoms with E-state index < -0.39 is 28.5 Å². The number of carbonyl (C=O) groups is 2. The van der Waals surface area contributed by atoms with Crippen molar-refractivity contribution in [2.24, 2.45) is 0 Å². The summed E-state index contributed by atoms with van der Waals surface area (Å²) < 4.78 is 27.1. The molecule has 0 saturated heterocycles. The Morgan fingerprint density at radius 1 is 1.18 bits per heavy atom. The highest BCUT2D eigenvalue weighted by atomic mass is 79.9. The molecule has 7 nitrogen and oxygen atoms in total. The van der Waals surface area contributed by atoms with Crippen molar-refractivity contribution in [3.8, 4) is 0 Å². The minimum Gasteiger partial charge on any atom is -0.354 e. The number of nitrogens with one attached hydrogen (secondary N) is 1. The van der Waals surface area contributed by atoms with E-state index in [4.69, 9.17) is 11.6 Å². The predicted molar refractivity (Wildman–Crippen MR) is 136 cm³/mol. The van der Waals surface area contributed by atoms with Gasteiger partial charge < -0.3 is 10.2 Å². The molecular weight excluding hydrogens is 530 g/mol. The molecule has 10 heteroatoms. The van der Waals surface area contributed by atoms with Gasteiger partial charge in [-0.3, -0.25) is 13.9 Å². The van der Waals surface area contributed by atoms with Crippen LogP contribution in [0.4, 0.5) is 5.69 Å². The summed E-state index contributed by atoms with van der Waals surface area (Å²) in [4.78, 5) is 27.6. The zero-order chi connectivity index (χ0) is 24.8. The van der Waals surface area contributed by atoms with E-state index in [-0.39, 0.29) is 12.5 Å². The molecule has 2 amide bonds. The van der Waals surface area contributed by atoms with Crippen molar-refractivity contribution < 1.29 is 18.0 Å². The summed E-state index contributed by atoms with van der Waals surface area (Å²) in [5.74, 6) is -0.789. The molecule has 0 saturated carbocycles. The summed E-state index contributed by atoms with van der Waals surface area (Å²) in [6.45, 7) is 5.50. The first-order valence-corrected chi connectivity index (χ1v) is 13.5. The zero-order valence-corrected chi connectivity index (χ0v) is 22.3. The van der Waals surface area contributed by atoms with E-state index in [2.05, 4.69) is 21.2 Å². The summed E-state index contributed by atoms with van der Waals surface area (Å²) in [5, 5.41) is 3.27. The van der Waals surface area contributed by atoms with E-state index in [1.54, 1.807) is 32.0 Å². The number of aryl methyl sites for hydroxylation is 1.